The number of aromatic nitrogens is 2. The maximum Gasteiger partial charge on any atom is 0.267 e. The lowest BCUT2D eigenvalue weighted by atomic mass is 9.82. The molecule has 0 bridgehead atoms. The number of benzene rings is 1. The summed E-state index contributed by atoms with van der Waals surface area (Å²) in [5.74, 6) is -0.802. The van der Waals surface area contributed by atoms with Crippen molar-refractivity contribution in [1.29, 1.82) is 0 Å². The number of nitrogens with zero attached hydrogens (tertiary/aromatic N) is 1. The molecule has 29 heavy (non-hydrogen) atoms. The predicted octanol–water partition coefficient (Wildman–Crippen LogP) is 1.89. The van der Waals surface area contributed by atoms with Gasteiger partial charge in [-0.25, -0.2) is 0 Å². The maximum atomic E-state index is 12.4. The van der Waals surface area contributed by atoms with Crippen molar-refractivity contribution >= 4 is 29.1 Å². The number of primary amides is 1. The summed E-state index contributed by atoms with van der Waals surface area (Å²) in [6, 6.07) is 6.67. The minimum Gasteiger partial charge on any atom is -0.365 e. The first-order valence-corrected chi connectivity index (χ1v) is 9.62. The van der Waals surface area contributed by atoms with Gasteiger partial charge in [-0.2, -0.15) is 4.98 Å². The lowest BCUT2D eigenvalue weighted by Gasteiger charge is -2.33. The van der Waals surface area contributed by atoms with Crippen LogP contribution in [0.4, 0.5) is 17.5 Å². The molecule has 9 nitrogen and oxygen atoms in total. The quantitative estimate of drug-likeness (QED) is 0.446. The number of ketones is 1. The molecule has 154 valence electrons. The van der Waals surface area contributed by atoms with E-state index in [1.807, 2.05) is 0 Å². The van der Waals surface area contributed by atoms with Gasteiger partial charge in [-0.3, -0.25) is 19.4 Å². The van der Waals surface area contributed by atoms with Gasteiger partial charge >= 0.3 is 0 Å². The molecule has 0 radical (unpaired) electrons. The van der Waals surface area contributed by atoms with E-state index in [0.717, 1.165) is 25.7 Å². The van der Waals surface area contributed by atoms with Crippen molar-refractivity contribution in [3.63, 3.8) is 0 Å². The lowest BCUT2D eigenvalue weighted by Crippen LogP contribution is -2.48. The molecular weight excluding hydrogens is 372 g/mol. The lowest BCUT2D eigenvalue weighted by molar-refractivity contribution is 0.0995. The Labute approximate surface area is 168 Å². The minimum absolute atomic E-state index is 0.0131. The smallest absolute Gasteiger partial charge is 0.267 e. The fraction of sp³-hybridized carbons (Fsp3) is 0.400. The summed E-state index contributed by atoms with van der Waals surface area (Å²) in [6.45, 7) is 1.90. The van der Waals surface area contributed by atoms with Crippen LogP contribution in [-0.4, -0.2) is 33.7 Å². The van der Waals surface area contributed by atoms with Gasteiger partial charge in [-0.1, -0.05) is 31.4 Å². The third-order valence-corrected chi connectivity index (χ3v) is 5.15. The first-order chi connectivity index (χ1) is 13.8. The molecule has 0 spiro atoms. The summed E-state index contributed by atoms with van der Waals surface area (Å²) in [7, 11) is 0. The van der Waals surface area contributed by atoms with Crippen molar-refractivity contribution in [3.05, 3.63) is 45.7 Å². The Balaban J connectivity index is 1.88. The molecule has 1 heterocycles. The van der Waals surface area contributed by atoms with Crippen LogP contribution in [0.3, 0.4) is 0 Å². The zero-order valence-electron chi connectivity index (χ0n) is 16.4. The van der Waals surface area contributed by atoms with Gasteiger partial charge in [0.1, 0.15) is 5.56 Å². The molecule has 3 rings (SSSR count). The molecule has 9 heteroatoms. The number of nitrogens with one attached hydrogen (secondary N) is 3. The van der Waals surface area contributed by atoms with Gasteiger partial charge in [0.25, 0.3) is 11.5 Å². The molecule has 2 aromatic rings. The Kier molecular flexibility index (Phi) is 5.97. The van der Waals surface area contributed by atoms with Crippen molar-refractivity contribution in [2.75, 3.05) is 17.2 Å². The van der Waals surface area contributed by atoms with E-state index in [0.29, 0.717) is 17.8 Å². The van der Waals surface area contributed by atoms with E-state index in [1.54, 1.807) is 24.3 Å². The van der Waals surface area contributed by atoms with Crippen molar-refractivity contribution in [2.24, 2.45) is 11.5 Å². The van der Waals surface area contributed by atoms with Gasteiger partial charge in [-0.15, -0.1) is 0 Å². The second-order valence-corrected chi connectivity index (χ2v) is 7.54. The SMILES string of the molecule is CC(=O)c1cccc(Nc2nc(NCC3(N)CCCCC3)[nH]c(=O)c2C(N)=O)c1. The first kappa shape index (κ1) is 20.5. The van der Waals surface area contributed by atoms with Crippen molar-refractivity contribution in [2.45, 2.75) is 44.6 Å². The molecule has 1 aliphatic carbocycles. The van der Waals surface area contributed by atoms with E-state index < -0.39 is 11.5 Å². The molecule has 1 saturated carbocycles. The summed E-state index contributed by atoms with van der Waals surface area (Å²) in [6.07, 6.45) is 5.11. The van der Waals surface area contributed by atoms with Crippen LogP contribution >= 0.6 is 0 Å². The number of hydrogen-bond donors (Lipinski definition) is 5. The van der Waals surface area contributed by atoms with Crippen LogP contribution < -0.4 is 27.7 Å². The number of carbonyl (C=O) groups excluding carboxylic acids is 2. The van der Waals surface area contributed by atoms with E-state index >= 15 is 0 Å². The Hall–Kier alpha value is -3.20. The van der Waals surface area contributed by atoms with E-state index in [-0.39, 0.29) is 28.7 Å². The van der Waals surface area contributed by atoms with Crippen LogP contribution in [-0.2, 0) is 0 Å². The number of rotatable bonds is 7. The molecule has 0 aliphatic heterocycles. The normalized spacial score (nSPS) is 15.5. The zero-order valence-corrected chi connectivity index (χ0v) is 16.4. The summed E-state index contributed by atoms with van der Waals surface area (Å²) < 4.78 is 0. The standard InChI is InChI=1S/C20H26N6O3/c1-12(27)13-6-5-7-14(10-13)24-17-15(16(21)28)18(29)26-19(25-17)23-11-20(22)8-3-2-4-9-20/h5-7,10H,2-4,8-9,11,22H2,1H3,(H2,21,28)(H3,23,24,25,26,29). The van der Waals surface area contributed by atoms with Crippen LogP contribution in [0.1, 0.15) is 59.7 Å². The Morgan fingerprint density at radius 1 is 1.24 bits per heavy atom. The molecule has 1 aromatic carbocycles. The van der Waals surface area contributed by atoms with Crippen molar-refractivity contribution in [1.82, 2.24) is 9.97 Å². The Morgan fingerprint density at radius 3 is 2.62 bits per heavy atom. The van der Waals surface area contributed by atoms with E-state index in [2.05, 4.69) is 20.6 Å². The molecule has 0 atom stereocenters. The highest BCUT2D eigenvalue weighted by molar-refractivity contribution is 5.98. The Morgan fingerprint density at radius 2 is 1.97 bits per heavy atom. The predicted molar refractivity (Wildman–Crippen MR) is 112 cm³/mol. The monoisotopic (exact) mass is 398 g/mol. The maximum absolute atomic E-state index is 12.4. The molecule has 7 N–H and O–H groups in total. The fourth-order valence-electron chi connectivity index (χ4n) is 3.52. The van der Waals surface area contributed by atoms with Gasteiger partial charge in [0.15, 0.2) is 11.6 Å². The first-order valence-electron chi connectivity index (χ1n) is 9.62. The number of anilines is 3. The average Bonchev–Trinajstić information content (AvgIpc) is 2.66. The van der Waals surface area contributed by atoms with Crippen LogP contribution in [0.2, 0.25) is 0 Å². The van der Waals surface area contributed by atoms with Gasteiger partial charge in [0.05, 0.1) is 0 Å². The average molecular weight is 398 g/mol. The Bertz CT molecular complexity index is 978. The molecule has 0 unspecified atom stereocenters. The number of H-pyrrole nitrogens is 1. The summed E-state index contributed by atoms with van der Waals surface area (Å²) in [5, 5.41) is 6.00. The summed E-state index contributed by atoms with van der Waals surface area (Å²) in [5.41, 5.74) is 11.5. The van der Waals surface area contributed by atoms with Crippen LogP contribution in [0.5, 0.6) is 0 Å². The van der Waals surface area contributed by atoms with Gasteiger partial charge in [0, 0.05) is 23.3 Å². The van der Waals surface area contributed by atoms with E-state index in [9.17, 15) is 14.4 Å². The second-order valence-electron chi connectivity index (χ2n) is 7.54. The van der Waals surface area contributed by atoms with Crippen molar-refractivity contribution in [3.8, 4) is 0 Å². The number of Topliss-reactive ketones (excluding diaryl/α,β-unsaturated/α-hetero) is 1. The van der Waals surface area contributed by atoms with Gasteiger partial charge < -0.3 is 22.1 Å². The van der Waals surface area contributed by atoms with Crippen LogP contribution in [0.15, 0.2) is 29.1 Å². The molecule has 1 amide bonds. The number of amides is 1. The van der Waals surface area contributed by atoms with Crippen LogP contribution in [0, 0.1) is 0 Å². The number of nitrogens with two attached hydrogens (primary N) is 2. The van der Waals surface area contributed by atoms with Crippen LogP contribution in [0.25, 0.3) is 0 Å². The summed E-state index contributed by atoms with van der Waals surface area (Å²) in [4.78, 5) is 42.7. The number of carbonyl (C=O) groups is 2. The zero-order chi connectivity index (χ0) is 21.0. The highest BCUT2D eigenvalue weighted by atomic mass is 16.2. The number of aromatic amines is 1. The van der Waals surface area contributed by atoms with E-state index in [1.165, 1.54) is 13.3 Å². The molecule has 0 saturated heterocycles. The minimum atomic E-state index is -0.905. The third kappa shape index (κ3) is 5.00. The summed E-state index contributed by atoms with van der Waals surface area (Å²) >= 11 is 0. The molecule has 1 aliphatic rings. The van der Waals surface area contributed by atoms with Gasteiger partial charge in [0.2, 0.25) is 5.95 Å². The van der Waals surface area contributed by atoms with E-state index in [4.69, 9.17) is 11.5 Å². The molecule has 1 aromatic heterocycles. The highest BCUT2D eigenvalue weighted by Crippen LogP contribution is 2.26. The highest BCUT2D eigenvalue weighted by Gasteiger charge is 2.27. The largest absolute Gasteiger partial charge is 0.365 e. The van der Waals surface area contributed by atoms with Crippen molar-refractivity contribution < 1.29 is 9.59 Å². The second kappa shape index (κ2) is 8.44. The molecular formula is C20H26N6O3. The number of hydrogen-bond acceptors (Lipinski definition) is 7. The third-order valence-electron chi connectivity index (χ3n) is 5.15. The molecule has 1 fully saturated rings. The fourth-order valence-corrected chi connectivity index (χ4v) is 3.52. The topological polar surface area (TPSA) is 156 Å². The van der Waals surface area contributed by atoms with Gasteiger partial charge in [-0.05, 0) is 31.9 Å².